The number of esters is 3. The van der Waals surface area contributed by atoms with Gasteiger partial charge in [-0.15, -0.1) is 0 Å². The number of hydrogen-bond acceptors (Lipinski definition) is 6. The Morgan fingerprint density at radius 3 is 1.39 bits per heavy atom. The summed E-state index contributed by atoms with van der Waals surface area (Å²) in [6.45, 7) is 13.8. The van der Waals surface area contributed by atoms with Crippen molar-refractivity contribution >= 4 is 17.9 Å². The zero-order valence-electron chi connectivity index (χ0n) is 25.2. The molecule has 0 bridgehead atoms. The molecule has 0 saturated heterocycles. The average molecular weight is 535 g/mol. The number of carbonyl (C=O) groups excluding carboxylic acids is 3. The smallest absolute Gasteiger partial charge is 0.311 e. The summed E-state index contributed by atoms with van der Waals surface area (Å²) in [5, 5.41) is 0. The second kappa shape index (κ2) is 12.7. The van der Waals surface area contributed by atoms with Crippen LogP contribution in [-0.4, -0.2) is 35.2 Å². The van der Waals surface area contributed by atoms with Gasteiger partial charge in [-0.25, -0.2) is 0 Å². The van der Waals surface area contributed by atoms with E-state index in [1.165, 1.54) is 38.5 Å². The molecule has 2 unspecified atom stereocenters. The van der Waals surface area contributed by atoms with Crippen LogP contribution >= 0.6 is 0 Å². The molecule has 0 aliphatic heterocycles. The Hall–Kier alpha value is -1.59. The molecule has 3 aliphatic rings. The Labute approximate surface area is 231 Å². The van der Waals surface area contributed by atoms with Gasteiger partial charge in [-0.1, -0.05) is 45.4 Å². The minimum Gasteiger partial charge on any atom is -0.462 e. The highest BCUT2D eigenvalue weighted by Gasteiger charge is 2.45. The standard InChI is InChI=1S/C32H54O6/c1-8-30(2,3)29(35)36-26-20-22(27(33)37-31(4,5)24-15-11-9-12-16-24)19-23(21-26)28(34)38-32(6,7)25-17-13-10-14-18-25/h22-26H,8-21H2,1-7H3. The predicted molar refractivity (Wildman–Crippen MR) is 148 cm³/mol. The molecule has 6 nitrogen and oxygen atoms in total. The first-order chi connectivity index (χ1) is 17.7. The molecule has 3 fully saturated rings. The van der Waals surface area contributed by atoms with E-state index < -0.39 is 34.6 Å². The monoisotopic (exact) mass is 534 g/mol. The molecule has 218 valence electrons. The lowest BCUT2D eigenvalue weighted by Gasteiger charge is -2.40. The predicted octanol–water partition coefficient (Wildman–Crippen LogP) is 7.55. The topological polar surface area (TPSA) is 78.9 Å². The van der Waals surface area contributed by atoms with Gasteiger partial charge in [0.1, 0.15) is 17.3 Å². The molecule has 0 aromatic rings. The van der Waals surface area contributed by atoms with Crippen LogP contribution in [0, 0.1) is 29.1 Å². The molecule has 0 amide bonds. The second-order valence-electron chi connectivity index (χ2n) is 14.1. The summed E-state index contributed by atoms with van der Waals surface area (Å²) < 4.78 is 18.2. The van der Waals surface area contributed by atoms with Crippen LogP contribution in [0.1, 0.15) is 138 Å². The molecule has 6 heteroatoms. The van der Waals surface area contributed by atoms with Crippen molar-refractivity contribution in [1.29, 1.82) is 0 Å². The molecule has 38 heavy (non-hydrogen) atoms. The molecule has 2 atom stereocenters. The molecule has 3 aliphatic carbocycles. The van der Waals surface area contributed by atoms with E-state index in [2.05, 4.69) is 0 Å². The lowest BCUT2D eigenvalue weighted by Crippen LogP contribution is -2.45. The highest BCUT2D eigenvalue weighted by molar-refractivity contribution is 5.78. The lowest BCUT2D eigenvalue weighted by atomic mass is 9.77. The first-order valence-corrected chi connectivity index (χ1v) is 15.4. The molecule has 0 aromatic heterocycles. The molecule has 0 spiro atoms. The Morgan fingerprint density at radius 1 is 0.632 bits per heavy atom. The summed E-state index contributed by atoms with van der Waals surface area (Å²) in [6.07, 6.45) is 12.8. The van der Waals surface area contributed by atoms with Crippen molar-refractivity contribution in [3.8, 4) is 0 Å². The maximum absolute atomic E-state index is 13.5. The highest BCUT2D eigenvalue weighted by Crippen LogP contribution is 2.40. The van der Waals surface area contributed by atoms with Crippen LogP contribution in [0.3, 0.4) is 0 Å². The third-order valence-electron chi connectivity index (χ3n) is 9.94. The zero-order valence-corrected chi connectivity index (χ0v) is 25.2. The largest absolute Gasteiger partial charge is 0.462 e. The minimum absolute atomic E-state index is 0.277. The molecule has 3 saturated carbocycles. The fourth-order valence-electron chi connectivity index (χ4n) is 6.65. The molecule has 0 N–H and O–H groups in total. The quantitative estimate of drug-likeness (QED) is 0.224. The Morgan fingerprint density at radius 2 is 1.03 bits per heavy atom. The van der Waals surface area contributed by atoms with E-state index in [-0.39, 0.29) is 17.9 Å². The summed E-state index contributed by atoms with van der Waals surface area (Å²) in [7, 11) is 0. The SMILES string of the molecule is CCC(C)(C)C(=O)OC1CC(C(=O)OC(C)(C)C2CCCCC2)CC(C(=O)OC(C)(C)C2CCCCC2)C1. The van der Waals surface area contributed by atoms with Gasteiger partial charge >= 0.3 is 17.9 Å². The van der Waals surface area contributed by atoms with Crippen LogP contribution in [0.15, 0.2) is 0 Å². The van der Waals surface area contributed by atoms with Crippen LogP contribution < -0.4 is 0 Å². The van der Waals surface area contributed by atoms with E-state index in [1.807, 2.05) is 48.5 Å². The van der Waals surface area contributed by atoms with Crippen LogP contribution in [0.2, 0.25) is 0 Å². The third kappa shape index (κ3) is 7.97. The summed E-state index contributed by atoms with van der Waals surface area (Å²) in [5.41, 5.74) is -1.72. The van der Waals surface area contributed by atoms with E-state index in [9.17, 15) is 14.4 Å². The van der Waals surface area contributed by atoms with Crippen LogP contribution in [-0.2, 0) is 28.6 Å². The Kier molecular flexibility index (Phi) is 10.4. The molecule has 0 radical (unpaired) electrons. The number of rotatable bonds is 9. The van der Waals surface area contributed by atoms with E-state index in [1.54, 1.807) is 0 Å². The van der Waals surface area contributed by atoms with E-state index in [0.29, 0.717) is 37.5 Å². The molecule has 3 rings (SSSR count). The first-order valence-electron chi connectivity index (χ1n) is 15.4. The van der Waals surface area contributed by atoms with E-state index in [4.69, 9.17) is 14.2 Å². The summed E-state index contributed by atoms with van der Waals surface area (Å²) in [6, 6.07) is 0. The van der Waals surface area contributed by atoms with E-state index in [0.717, 1.165) is 25.7 Å². The van der Waals surface area contributed by atoms with Crippen molar-refractivity contribution in [1.82, 2.24) is 0 Å². The highest BCUT2D eigenvalue weighted by atomic mass is 16.6. The Balaban J connectivity index is 1.73. The van der Waals surface area contributed by atoms with E-state index >= 15 is 0 Å². The summed E-state index contributed by atoms with van der Waals surface area (Å²) in [5.74, 6) is -1.13. The van der Waals surface area contributed by atoms with Gasteiger partial charge in [0.15, 0.2) is 0 Å². The first kappa shape index (κ1) is 30.9. The van der Waals surface area contributed by atoms with Gasteiger partial charge in [-0.2, -0.15) is 0 Å². The zero-order chi connectivity index (χ0) is 28.1. The summed E-state index contributed by atoms with van der Waals surface area (Å²) in [4.78, 5) is 40.0. The van der Waals surface area contributed by atoms with Crippen molar-refractivity contribution < 1.29 is 28.6 Å². The number of hydrogen-bond donors (Lipinski definition) is 0. The minimum atomic E-state index is -0.616. The van der Waals surface area contributed by atoms with Gasteiger partial charge in [0.2, 0.25) is 0 Å². The van der Waals surface area contributed by atoms with Crippen molar-refractivity contribution in [3.63, 3.8) is 0 Å². The van der Waals surface area contributed by atoms with Crippen LogP contribution in [0.5, 0.6) is 0 Å². The fourth-order valence-corrected chi connectivity index (χ4v) is 6.65. The molecule has 0 heterocycles. The van der Waals surface area contributed by atoms with Crippen molar-refractivity contribution in [2.24, 2.45) is 29.1 Å². The van der Waals surface area contributed by atoms with Crippen molar-refractivity contribution in [3.05, 3.63) is 0 Å². The van der Waals surface area contributed by atoms with Gasteiger partial charge in [-0.3, -0.25) is 14.4 Å². The van der Waals surface area contributed by atoms with Gasteiger partial charge in [0, 0.05) is 0 Å². The number of carbonyl (C=O) groups is 3. The Bertz CT molecular complexity index is 764. The van der Waals surface area contributed by atoms with Crippen LogP contribution in [0.25, 0.3) is 0 Å². The number of ether oxygens (including phenoxy) is 3. The third-order valence-corrected chi connectivity index (χ3v) is 9.94. The summed E-state index contributed by atoms with van der Waals surface area (Å²) >= 11 is 0. The van der Waals surface area contributed by atoms with Crippen molar-refractivity contribution in [2.45, 2.75) is 156 Å². The van der Waals surface area contributed by atoms with Gasteiger partial charge in [0.25, 0.3) is 0 Å². The maximum Gasteiger partial charge on any atom is 0.311 e. The second-order valence-corrected chi connectivity index (χ2v) is 14.1. The molecular formula is C32H54O6. The molecule has 0 aromatic carbocycles. The van der Waals surface area contributed by atoms with Gasteiger partial charge < -0.3 is 14.2 Å². The van der Waals surface area contributed by atoms with Crippen molar-refractivity contribution in [2.75, 3.05) is 0 Å². The molecular weight excluding hydrogens is 480 g/mol. The maximum atomic E-state index is 13.5. The normalized spacial score (nSPS) is 26.4. The van der Waals surface area contributed by atoms with Crippen LogP contribution in [0.4, 0.5) is 0 Å². The average Bonchev–Trinajstić information content (AvgIpc) is 2.89. The van der Waals surface area contributed by atoms with Gasteiger partial charge in [-0.05, 0) is 105 Å². The fraction of sp³-hybridized carbons (Fsp3) is 0.906. The lowest BCUT2D eigenvalue weighted by molar-refractivity contribution is -0.183. The van der Waals surface area contributed by atoms with Gasteiger partial charge in [0.05, 0.1) is 17.3 Å².